The molecule has 6 nitrogen and oxygen atoms in total. The highest BCUT2D eigenvalue weighted by Crippen LogP contribution is 2.17. The van der Waals surface area contributed by atoms with Crippen molar-refractivity contribution in [1.82, 2.24) is 0 Å². The van der Waals surface area contributed by atoms with Gasteiger partial charge in [-0.1, -0.05) is 311 Å². The first kappa shape index (κ1) is 79.3. The van der Waals surface area contributed by atoms with Crippen LogP contribution in [-0.4, -0.2) is 37.2 Å². The van der Waals surface area contributed by atoms with Crippen LogP contribution in [0.3, 0.4) is 0 Å². The third kappa shape index (κ3) is 69.0. The zero-order chi connectivity index (χ0) is 59.9. The molecule has 83 heavy (non-hydrogen) atoms. The Morgan fingerprint density at radius 2 is 0.470 bits per heavy atom. The maximum absolute atomic E-state index is 13.0. The van der Waals surface area contributed by atoms with E-state index in [1.54, 1.807) is 0 Å². The first-order chi connectivity index (χ1) is 41.0. The molecule has 478 valence electrons. The second-order valence-electron chi connectivity index (χ2n) is 23.8. The van der Waals surface area contributed by atoms with Gasteiger partial charge in [0.15, 0.2) is 6.10 Å². The Labute approximate surface area is 515 Å². The fourth-order valence-electron chi connectivity index (χ4n) is 10.2. The van der Waals surface area contributed by atoms with E-state index >= 15 is 0 Å². The number of allylic oxidation sites excluding steroid dienone is 16. The van der Waals surface area contributed by atoms with E-state index in [-0.39, 0.29) is 31.1 Å². The average molecular weight is 1160 g/mol. The van der Waals surface area contributed by atoms with Gasteiger partial charge in [0.1, 0.15) is 13.2 Å². The van der Waals surface area contributed by atoms with Gasteiger partial charge in [0, 0.05) is 19.3 Å². The monoisotopic (exact) mass is 1160 g/mol. The van der Waals surface area contributed by atoms with E-state index < -0.39 is 6.10 Å². The summed E-state index contributed by atoms with van der Waals surface area (Å²) in [6.45, 7) is 6.54. The summed E-state index contributed by atoms with van der Waals surface area (Å²) in [5.41, 5.74) is 0. The predicted molar refractivity (Wildman–Crippen MR) is 362 cm³/mol. The maximum Gasteiger partial charge on any atom is 0.306 e. The second-order valence-corrected chi connectivity index (χ2v) is 23.8. The molecule has 0 aromatic rings. The largest absolute Gasteiger partial charge is 0.462 e. The van der Waals surface area contributed by atoms with Crippen LogP contribution >= 0.6 is 0 Å². The molecule has 0 aliphatic carbocycles. The zero-order valence-electron chi connectivity index (χ0n) is 54.9. The number of ether oxygens (including phenoxy) is 3. The number of esters is 3. The van der Waals surface area contributed by atoms with Crippen LogP contribution in [0.15, 0.2) is 97.2 Å². The molecule has 0 aromatic heterocycles. The Morgan fingerprint density at radius 3 is 0.747 bits per heavy atom. The zero-order valence-corrected chi connectivity index (χ0v) is 54.9. The Balaban J connectivity index is 4.37. The second kappa shape index (κ2) is 70.8. The molecule has 0 aliphatic rings. The van der Waals surface area contributed by atoms with Crippen molar-refractivity contribution in [3.8, 4) is 0 Å². The van der Waals surface area contributed by atoms with Gasteiger partial charge in [0.05, 0.1) is 0 Å². The number of rotatable bonds is 65. The molecule has 0 N–H and O–H groups in total. The van der Waals surface area contributed by atoms with E-state index in [1.165, 1.54) is 212 Å². The fraction of sp³-hybridized carbons (Fsp3) is 0.753. The summed E-state index contributed by atoms with van der Waals surface area (Å²) in [7, 11) is 0. The van der Waals surface area contributed by atoms with E-state index in [4.69, 9.17) is 14.2 Å². The first-order valence-corrected chi connectivity index (χ1v) is 35.7. The van der Waals surface area contributed by atoms with E-state index in [0.717, 1.165) is 103 Å². The molecule has 0 heterocycles. The lowest BCUT2D eigenvalue weighted by atomic mass is 10.0. The predicted octanol–water partition coefficient (Wildman–Crippen LogP) is 24.8. The molecule has 0 rings (SSSR count). The summed E-state index contributed by atoms with van der Waals surface area (Å²) in [4.78, 5) is 38.5. The fourth-order valence-corrected chi connectivity index (χ4v) is 10.2. The van der Waals surface area contributed by atoms with Gasteiger partial charge in [-0.2, -0.15) is 0 Å². The third-order valence-electron chi connectivity index (χ3n) is 15.5. The molecule has 0 fully saturated rings. The Kier molecular flexibility index (Phi) is 67.7. The number of hydrogen-bond acceptors (Lipinski definition) is 6. The van der Waals surface area contributed by atoms with Crippen LogP contribution in [0, 0.1) is 0 Å². The third-order valence-corrected chi connectivity index (χ3v) is 15.5. The molecule has 0 amide bonds. The molecule has 0 bridgehead atoms. The van der Waals surface area contributed by atoms with Crippen LogP contribution < -0.4 is 0 Å². The van der Waals surface area contributed by atoms with Gasteiger partial charge in [-0.15, -0.1) is 0 Å². The molecule has 0 aliphatic heterocycles. The first-order valence-electron chi connectivity index (χ1n) is 35.7. The number of carbonyl (C=O) groups excluding carboxylic acids is 3. The van der Waals surface area contributed by atoms with Crippen LogP contribution in [0.4, 0.5) is 0 Å². The minimum Gasteiger partial charge on any atom is -0.462 e. The summed E-state index contributed by atoms with van der Waals surface area (Å²) in [5, 5.41) is 0. The molecular weight excluding hydrogens is 1020 g/mol. The van der Waals surface area contributed by atoms with Crippen LogP contribution in [0.1, 0.15) is 355 Å². The molecule has 0 saturated heterocycles. The lowest BCUT2D eigenvalue weighted by molar-refractivity contribution is -0.167. The normalized spacial score (nSPS) is 12.7. The minimum absolute atomic E-state index is 0.0822. The van der Waals surface area contributed by atoms with Crippen molar-refractivity contribution in [3.63, 3.8) is 0 Å². The summed E-state index contributed by atoms with van der Waals surface area (Å²) >= 11 is 0. The van der Waals surface area contributed by atoms with Crippen molar-refractivity contribution in [3.05, 3.63) is 97.2 Å². The van der Waals surface area contributed by atoms with Crippen molar-refractivity contribution in [1.29, 1.82) is 0 Å². The molecule has 0 radical (unpaired) electrons. The Hall–Kier alpha value is -3.67. The van der Waals surface area contributed by atoms with Crippen molar-refractivity contribution in [2.24, 2.45) is 0 Å². The van der Waals surface area contributed by atoms with E-state index in [9.17, 15) is 14.4 Å². The van der Waals surface area contributed by atoms with Gasteiger partial charge in [-0.05, 0) is 122 Å². The van der Waals surface area contributed by atoms with E-state index in [2.05, 4.69) is 118 Å². The van der Waals surface area contributed by atoms with Gasteiger partial charge in [0.2, 0.25) is 0 Å². The van der Waals surface area contributed by atoms with Gasteiger partial charge in [0.25, 0.3) is 0 Å². The van der Waals surface area contributed by atoms with Gasteiger partial charge in [-0.25, -0.2) is 0 Å². The molecule has 1 unspecified atom stereocenters. The van der Waals surface area contributed by atoms with Crippen LogP contribution in [0.5, 0.6) is 0 Å². The summed E-state index contributed by atoms with van der Waals surface area (Å²) < 4.78 is 17.0. The average Bonchev–Trinajstić information content (AvgIpc) is 3.49. The SMILES string of the molecule is CC/C=C\C/C=C\C/C=C\C/C=C\C/C=C\CCCCCCCCCC(=O)OC(COC(=O)CCCCCCCCC/C=C\CCCCCCCC)COC(=O)CCCCCCCCCCCCCCC/C=C\C/C=C\CCCCCCC. The van der Waals surface area contributed by atoms with Crippen molar-refractivity contribution in [2.75, 3.05) is 13.2 Å². The van der Waals surface area contributed by atoms with Crippen LogP contribution in [0.25, 0.3) is 0 Å². The maximum atomic E-state index is 13.0. The van der Waals surface area contributed by atoms with Gasteiger partial charge in [-0.3, -0.25) is 14.4 Å². The molecule has 0 spiro atoms. The lowest BCUT2D eigenvalue weighted by Gasteiger charge is -2.18. The Bertz CT molecular complexity index is 1610. The lowest BCUT2D eigenvalue weighted by Crippen LogP contribution is -2.30. The smallest absolute Gasteiger partial charge is 0.306 e. The Morgan fingerprint density at radius 1 is 0.253 bits per heavy atom. The number of carbonyl (C=O) groups is 3. The summed E-state index contributed by atoms with van der Waals surface area (Å²) in [5.74, 6) is -0.882. The number of unbranched alkanes of at least 4 members (excludes halogenated alkanes) is 38. The topological polar surface area (TPSA) is 78.9 Å². The van der Waals surface area contributed by atoms with Crippen molar-refractivity contribution >= 4 is 17.9 Å². The van der Waals surface area contributed by atoms with Crippen LogP contribution in [0.2, 0.25) is 0 Å². The molecule has 0 saturated carbocycles. The molecule has 1 atom stereocenters. The standard InChI is InChI=1S/C77H134O6/c1-4-7-10-13-16-19-22-25-28-31-33-35-37-38-40-41-43-46-49-52-55-58-61-64-67-70-76(79)82-73-74(72-81-75(78)69-66-63-60-57-54-51-48-45-30-27-24-21-18-15-12-9-6-3)83-77(80)71-68-65-62-59-56-53-50-47-44-42-39-36-34-32-29-26-23-20-17-14-11-8-5-2/h8,11,17,20,22,25-27,29-31,33-34,36,42,44,74H,4-7,9-10,12-16,18-19,21,23-24,28,32,35,37-41,43,45-73H2,1-3H3/b11-8-,20-17-,25-22-,29-26-,30-27-,33-31-,36-34-,44-42-. The van der Waals surface area contributed by atoms with E-state index in [0.29, 0.717) is 19.3 Å². The van der Waals surface area contributed by atoms with E-state index in [1.807, 2.05) is 0 Å². The highest BCUT2D eigenvalue weighted by atomic mass is 16.6. The van der Waals surface area contributed by atoms with Crippen LogP contribution in [-0.2, 0) is 28.6 Å². The molecule has 6 heteroatoms. The van der Waals surface area contributed by atoms with Crippen molar-refractivity contribution in [2.45, 2.75) is 361 Å². The quantitative estimate of drug-likeness (QED) is 0.0261. The minimum atomic E-state index is -0.789. The molecular formula is C77H134O6. The van der Waals surface area contributed by atoms with Gasteiger partial charge < -0.3 is 14.2 Å². The number of hydrogen-bond donors (Lipinski definition) is 0. The van der Waals surface area contributed by atoms with Crippen molar-refractivity contribution < 1.29 is 28.6 Å². The highest BCUT2D eigenvalue weighted by molar-refractivity contribution is 5.71. The summed E-state index contributed by atoms with van der Waals surface area (Å²) in [6.07, 6.45) is 95.7. The molecule has 0 aromatic carbocycles. The summed E-state index contributed by atoms with van der Waals surface area (Å²) in [6, 6.07) is 0. The van der Waals surface area contributed by atoms with Gasteiger partial charge >= 0.3 is 17.9 Å². The highest BCUT2D eigenvalue weighted by Gasteiger charge is 2.19.